The molecule has 1 rings (SSSR count). The van der Waals surface area contributed by atoms with Gasteiger partial charge in [0.25, 0.3) is 0 Å². The molecule has 3 heteroatoms. The van der Waals surface area contributed by atoms with Gasteiger partial charge in [-0.05, 0) is 18.6 Å². The second-order valence-electron chi connectivity index (χ2n) is 2.44. The number of rotatable bonds is 2. The molecule has 0 spiro atoms. The number of benzene rings is 1. The largest absolute Gasteiger partial charge is 0.481 e. The van der Waals surface area contributed by atoms with Crippen LogP contribution in [0.15, 0.2) is 34.8 Å². The zero-order chi connectivity index (χ0) is 10.1. The highest BCUT2D eigenvalue weighted by atomic mass is 79.9. The minimum atomic E-state index is -0.711. The molecule has 2 nitrogen and oxygen atoms in total. The summed E-state index contributed by atoms with van der Waals surface area (Å²) in [6.07, 6.45) is 1.02. The molecular formula is C10H13BrO2. The minimum Gasteiger partial charge on any atom is -0.481 e. The van der Waals surface area contributed by atoms with E-state index in [9.17, 15) is 4.79 Å². The van der Waals surface area contributed by atoms with Crippen molar-refractivity contribution in [2.24, 2.45) is 0 Å². The van der Waals surface area contributed by atoms with Crippen molar-refractivity contribution in [3.63, 3.8) is 0 Å². The minimum absolute atomic E-state index is 0.292. The highest BCUT2D eigenvalue weighted by Gasteiger charge is 1.87. The van der Waals surface area contributed by atoms with E-state index in [0.29, 0.717) is 6.42 Å². The van der Waals surface area contributed by atoms with Crippen molar-refractivity contribution in [3.8, 4) is 0 Å². The fourth-order valence-corrected chi connectivity index (χ4v) is 0.934. The fourth-order valence-electron chi connectivity index (χ4n) is 0.629. The molecule has 0 radical (unpaired) electrons. The van der Waals surface area contributed by atoms with Crippen LogP contribution < -0.4 is 0 Å². The summed E-state index contributed by atoms with van der Waals surface area (Å²) in [6, 6.07) is 9.97. The normalized spacial score (nSPS) is 8.46. The Balaban J connectivity index is 0.000000226. The maximum Gasteiger partial charge on any atom is 0.303 e. The van der Waals surface area contributed by atoms with Gasteiger partial charge in [-0.15, -0.1) is 0 Å². The van der Waals surface area contributed by atoms with E-state index in [1.54, 1.807) is 0 Å². The standard InChI is InChI=1S/C6H5Br.C4H8O2/c7-6-4-2-1-3-5-6;1-2-3-4(5)6/h1-5H;2-3H2,1H3,(H,5,6). The Kier molecular flexibility index (Phi) is 7.30. The van der Waals surface area contributed by atoms with E-state index >= 15 is 0 Å². The molecule has 0 amide bonds. The lowest BCUT2D eigenvalue weighted by molar-refractivity contribution is -0.137. The van der Waals surface area contributed by atoms with Gasteiger partial charge in [0.05, 0.1) is 0 Å². The number of hydrogen-bond acceptors (Lipinski definition) is 1. The molecule has 13 heavy (non-hydrogen) atoms. The third-order valence-electron chi connectivity index (χ3n) is 1.20. The van der Waals surface area contributed by atoms with Crippen molar-refractivity contribution in [1.82, 2.24) is 0 Å². The van der Waals surface area contributed by atoms with Crippen molar-refractivity contribution in [2.45, 2.75) is 19.8 Å². The third-order valence-corrected chi connectivity index (χ3v) is 1.73. The maximum absolute atomic E-state index is 9.60. The zero-order valence-electron chi connectivity index (χ0n) is 7.53. The molecule has 0 fully saturated rings. The van der Waals surface area contributed by atoms with Gasteiger partial charge in [-0.2, -0.15) is 0 Å². The predicted octanol–water partition coefficient (Wildman–Crippen LogP) is 3.32. The quantitative estimate of drug-likeness (QED) is 0.867. The van der Waals surface area contributed by atoms with Gasteiger partial charge in [0.15, 0.2) is 0 Å². The highest BCUT2D eigenvalue weighted by molar-refractivity contribution is 9.10. The van der Waals surface area contributed by atoms with Crippen LogP contribution in [0.2, 0.25) is 0 Å². The molecule has 1 aromatic rings. The van der Waals surface area contributed by atoms with E-state index in [-0.39, 0.29) is 0 Å². The monoisotopic (exact) mass is 244 g/mol. The van der Waals surface area contributed by atoms with E-state index in [4.69, 9.17) is 5.11 Å². The van der Waals surface area contributed by atoms with Crippen molar-refractivity contribution in [1.29, 1.82) is 0 Å². The Labute approximate surface area is 86.7 Å². The lowest BCUT2D eigenvalue weighted by atomic mass is 10.4. The van der Waals surface area contributed by atoms with Crippen LogP contribution in [0.25, 0.3) is 0 Å². The summed E-state index contributed by atoms with van der Waals surface area (Å²) in [5, 5.41) is 7.91. The Bertz CT molecular complexity index is 234. The molecule has 0 aliphatic carbocycles. The first-order valence-electron chi connectivity index (χ1n) is 4.09. The van der Waals surface area contributed by atoms with Crippen molar-refractivity contribution in [2.75, 3.05) is 0 Å². The second-order valence-corrected chi connectivity index (χ2v) is 3.35. The summed E-state index contributed by atoms with van der Waals surface area (Å²) in [7, 11) is 0. The number of aliphatic carboxylic acids is 1. The van der Waals surface area contributed by atoms with Gasteiger partial charge in [-0.25, -0.2) is 0 Å². The van der Waals surface area contributed by atoms with Crippen LogP contribution in [-0.4, -0.2) is 11.1 Å². The smallest absolute Gasteiger partial charge is 0.303 e. The number of halogens is 1. The first-order chi connectivity index (χ1) is 6.16. The van der Waals surface area contributed by atoms with Gasteiger partial charge < -0.3 is 5.11 Å². The first kappa shape index (κ1) is 12.2. The van der Waals surface area contributed by atoms with Crippen LogP contribution in [0.5, 0.6) is 0 Å². The van der Waals surface area contributed by atoms with Gasteiger partial charge >= 0.3 is 5.97 Å². The summed E-state index contributed by atoms with van der Waals surface area (Å²) >= 11 is 3.31. The molecule has 1 N–H and O–H groups in total. The van der Waals surface area contributed by atoms with Crippen molar-refractivity contribution < 1.29 is 9.90 Å². The Hall–Kier alpha value is -0.830. The molecule has 72 valence electrons. The van der Waals surface area contributed by atoms with Crippen molar-refractivity contribution in [3.05, 3.63) is 34.8 Å². The fraction of sp³-hybridized carbons (Fsp3) is 0.300. The number of carboxylic acid groups (broad SMARTS) is 1. The highest BCUT2D eigenvalue weighted by Crippen LogP contribution is 2.05. The lowest BCUT2D eigenvalue weighted by Gasteiger charge is -1.80. The average Bonchev–Trinajstić information content (AvgIpc) is 2.06. The average molecular weight is 245 g/mol. The summed E-state index contributed by atoms with van der Waals surface area (Å²) in [5.74, 6) is -0.711. The van der Waals surface area contributed by atoms with Crippen LogP contribution in [0, 0.1) is 0 Å². The second kappa shape index (κ2) is 7.80. The molecule has 0 saturated heterocycles. The van der Waals surface area contributed by atoms with Crippen LogP contribution >= 0.6 is 15.9 Å². The molecular weight excluding hydrogens is 232 g/mol. The zero-order valence-corrected chi connectivity index (χ0v) is 9.12. The molecule has 0 atom stereocenters. The number of hydrogen-bond donors (Lipinski definition) is 1. The van der Waals surface area contributed by atoms with E-state index in [2.05, 4.69) is 15.9 Å². The van der Waals surface area contributed by atoms with Gasteiger partial charge in [-0.3, -0.25) is 4.79 Å². The molecule has 0 bridgehead atoms. The molecule has 0 saturated carbocycles. The Morgan fingerprint density at radius 1 is 1.38 bits per heavy atom. The summed E-state index contributed by atoms with van der Waals surface area (Å²) in [4.78, 5) is 9.60. The lowest BCUT2D eigenvalue weighted by Crippen LogP contribution is -1.90. The SMILES string of the molecule is Brc1ccccc1.CCCC(=O)O. The van der Waals surface area contributed by atoms with Crippen LogP contribution in [0.4, 0.5) is 0 Å². The molecule has 0 heterocycles. The van der Waals surface area contributed by atoms with Gasteiger partial charge in [0, 0.05) is 10.9 Å². The Morgan fingerprint density at radius 2 is 1.92 bits per heavy atom. The summed E-state index contributed by atoms with van der Waals surface area (Å²) in [5.41, 5.74) is 0. The van der Waals surface area contributed by atoms with E-state index < -0.39 is 5.97 Å². The Morgan fingerprint density at radius 3 is 2.08 bits per heavy atom. The molecule has 0 aliphatic rings. The number of carbonyl (C=O) groups is 1. The predicted molar refractivity (Wildman–Crippen MR) is 56.7 cm³/mol. The van der Waals surface area contributed by atoms with Crippen LogP contribution in [0.3, 0.4) is 0 Å². The van der Waals surface area contributed by atoms with Gasteiger partial charge in [0.2, 0.25) is 0 Å². The van der Waals surface area contributed by atoms with Gasteiger partial charge in [-0.1, -0.05) is 41.1 Å². The van der Waals surface area contributed by atoms with E-state index in [1.165, 1.54) is 0 Å². The van der Waals surface area contributed by atoms with Crippen LogP contribution in [0.1, 0.15) is 19.8 Å². The first-order valence-corrected chi connectivity index (χ1v) is 4.88. The number of carboxylic acids is 1. The summed E-state index contributed by atoms with van der Waals surface area (Å²) < 4.78 is 1.13. The van der Waals surface area contributed by atoms with Crippen LogP contribution in [-0.2, 0) is 4.79 Å². The molecule has 0 aliphatic heterocycles. The third kappa shape index (κ3) is 9.08. The molecule has 1 aromatic carbocycles. The molecule has 0 aromatic heterocycles. The molecule has 0 unspecified atom stereocenters. The maximum atomic E-state index is 9.60. The van der Waals surface area contributed by atoms with Gasteiger partial charge in [0.1, 0.15) is 0 Å². The van der Waals surface area contributed by atoms with E-state index in [1.807, 2.05) is 37.3 Å². The summed E-state index contributed by atoms with van der Waals surface area (Å²) in [6.45, 7) is 1.84. The van der Waals surface area contributed by atoms with E-state index in [0.717, 1.165) is 10.9 Å². The van der Waals surface area contributed by atoms with Crippen molar-refractivity contribution >= 4 is 21.9 Å². The topological polar surface area (TPSA) is 37.3 Å².